The van der Waals surface area contributed by atoms with E-state index in [9.17, 15) is 9.59 Å². The van der Waals surface area contributed by atoms with Crippen molar-refractivity contribution in [2.24, 2.45) is 0 Å². The summed E-state index contributed by atoms with van der Waals surface area (Å²) in [7, 11) is 0. The fraction of sp³-hybridized carbons (Fsp3) is 0.308. The van der Waals surface area contributed by atoms with E-state index < -0.39 is 5.91 Å². The first-order valence-corrected chi connectivity index (χ1v) is 7.36. The first-order chi connectivity index (χ1) is 9.47. The second-order valence-electron chi connectivity index (χ2n) is 4.35. The third-order valence-electron chi connectivity index (χ3n) is 2.84. The highest BCUT2D eigenvalue weighted by Crippen LogP contribution is 2.18. The zero-order valence-electron chi connectivity index (χ0n) is 11.1. The first-order valence-electron chi connectivity index (χ1n) is 5.96. The van der Waals surface area contributed by atoms with Crippen LogP contribution in [0.2, 0.25) is 0 Å². The Hall–Kier alpha value is -1.60. The maximum Gasteiger partial charge on any atom is 0.276 e. The van der Waals surface area contributed by atoms with Crippen LogP contribution in [0.25, 0.3) is 0 Å². The number of hydrogen-bond acceptors (Lipinski definition) is 5. The number of nitrogens with zero attached hydrogens (tertiary/aromatic N) is 1. The zero-order chi connectivity index (χ0) is 14.7. The summed E-state index contributed by atoms with van der Waals surface area (Å²) in [6, 6.07) is 5.60. The Kier molecular flexibility index (Phi) is 4.61. The van der Waals surface area contributed by atoms with Crippen LogP contribution in [-0.2, 0) is 9.59 Å². The van der Waals surface area contributed by atoms with E-state index in [0.29, 0.717) is 10.1 Å². The van der Waals surface area contributed by atoms with Crippen LogP contribution in [0.5, 0.6) is 5.75 Å². The van der Waals surface area contributed by atoms with Crippen molar-refractivity contribution >= 4 is 40.1 Å². The van der Waals surface area contributed by atoms with E-state index in [1.54, 1.807) is 6.07 Å². The standard InChI is InChI=1S/C13H14N2O3S2/c1-8-3-4-10(5-9(8)2)18-6-11(16)14-15-12(17)7-20-13(15)19/h3-5H,6-7H2,1-2H3,(H,14,16). The molecule has 0 radical (unpaired) electrons. The minimum atomic E-state index is -0.415. The van der Waals surface area contributed by atoms with Gasteiger partial charge < -0.3 is 4.74 Å². The van der Waals surface area contributed by atoms with Crippen molar-refractivity contribution in [3.05, 3.63) is 29.3 Å². The van der Waals surface area contributed by atoms with Gasteiger partial charge in [0.2, 0.25) is 0 Å². The molecule has 1 fully saturated rings. The van der Waals surface area contributed by atoms with Crippen LogP contribution >= 0.6 is 24.0 Å². The number of thioether (sulfide) groups is 1. The number of ether oxygens (including phenoxy) is 1. The number of carbonyl (C=O) groups excluding carboxylic acids is 2. The Morgan fingerprint density at radius 1 is 1.45 bits per heavy atom. The molecule has 0 unspecified atom stereocenters. The van der Waals surface area contributed by atoms with Crippen LogP contribution in [-0.4, -0.2) is 33.5 Å². The van der Waals surface area contributed by atoms with E-state index in [-0.39, 0.29) is 18.3 Å². The molecule has 1 heterocycles. The summed E-state index contributed by atoms with van der Waals surface area (Å²) >= 11 is 6.18. The van der Waals surface area contributed by atoms with Gasteiger partial charge in [0.25, 0.3) is 11.8 Å². The molecule has 1 aromatic rings. The van der Waals surface area contributed by atoms with Gasteiger partial charge in [0.05, 0.1) is 5.75 Å². The molecule has 7 heteroatoms. The second-order valence-corrected chi connectivity index (χ2v) is 5.96. The summed E-state index contributed by atoms with van der Waals surface area (Å²) < 4.78 is 5.74. The predicted molar refractivity (Wildman–Crippen MR) is 81.5 cm³/mol. The highest BCUT2D eigenvalue weighted by atomic mass is 32.2. The fourth-order valence-corrected chi connectivity index (χ4v) is 2.55. The third-order valence-corrected chi connectivity index (χ3v) is 4.19. The van der Waals surface area contributed by atoms with Gasteiger partial charge in [0.1, 0.15) is 5.75 Å². The lowest BCUT2D eigenvalue weighted by molar-refractivity contribution is -0.135. The molecular formula is C13H14N2O3S2. The normalized spacial score (nSPS) is 14.6. The van der Waals surface area contributed by atoms with Crippen molar-refractivity contribution < 1.29 is 14.3 Å². The van der Waals surface area contributed by atoms with Crippen molar-refractivity contribution in [3.8, 4) is 5.75 Å². The first kappa shape index (κ1) is 14.8. The number of hydrogen-bond donors (Lipinski definition) is 1. The summed E-state index contributed by atoms with van der Waals surface area (Å²) in [5.74, 6) is 0.242. The van der Waals surface area contributed by atoms with E-state index in [1.165, 1.54) is 11.8 Å². The quantitative estimate of drug-likeness (QED) is 0.856. The molecule has 0 atom stereocenters. The Morgan fingerprint density at radius 3 is 2.80 bits per heavy atom. The Morgan fingerprint density at radius 2 is 2.20 bits per heavy atom. The topological polar surface area (TPSA) is 58.6 Å². The van der Waals surface area contributed by atoms with Gasteiger partial charge in [-0.05, 0) is 37.1 Å². The summed E-state index contributed by atoms with van der Waals surface area (Å²) in [6.45, 7) is 3.81. The predicted octanol–water partition coefficient (Wildman–Crippen LogP) is 1.57. The second kappa shape index (κ2) is 6.23. The lowest BCUT2D eigenvalue weighted by Crippen LogP contribution is -2.46. The Labute approximate surface area is 126 Å². The minimum Gasteiger partial charge on any atom is -0.484 e. The van der Waals surface area contributed by atoms with Crippen molar-refractivity contribution in [3.63, 3.8) is 0 Å². The number of nitrogens with one attached hydrogen (secondary N) is 1. The molecule has 0 bridgehead atoms. The van der Waals surface area contributed by atoms with Crippen LogP contribution in [0.15, 0.2) is 18.2 Å². The number of hydrazine groups is 1. The molecule has 2 amide bonds. The van der Waals surface area contributed by atoms with Crippen LogP contribution in [0.1, 0.15) is 11.1 Å². The van der Waals surface area contributed by atoms with Crippen LogP contribution < -0.4 is 10.2 Å². The van der Waals surface area contributed by atoms with Gasteiger partial charge in [-0.15, -0.1) is 0 Å². The largest absolute Gasteiger partial charge is 0.484 e. The van der Waals surface area contributed by atoms with E-state index in [2.05, 4.69) is 5.43 Å². The summed E-state index contributed by atoms with van der Waals surface area (Å²) in [5.41, 5.74) is 4.68. The van der Waals surface area contributed by atoms with Gasteiger partial charge >= 0.3 is 0 Å². The van der Waals surface area contributed by atoms with Crippen LogP contribution in [0.3, 0.4) is 0 Å². The average Bonchev–Trinajstić information content (AvgIpc) is 2.72. The molecule has 1 N–H and O–H groups in total. The molecule has 0 saturated carbocycles. The van der Waals surface area contributed by atoms with Gasteiger partial charge in [0.15, 0.2) is 10.9 Å². The molecule has 1 aliphatic rings. The maximum absolute atomic E-state index is 11.7. The third kappa shape index (κ3) is 3.49. The SMILES string of the molecule is Cc1ccc(OCC(=O)NN2C(=O)CSC2=S)cc1C. The van der Waals surface area contributed by atoms with E-state index in [0.717, 1.165) is 16.1 Å². The number of aryl methyl sites for hydroxylation is 2. The molecule has 0 aliphatic carbocycles. The highest BCUT2D eigenvalue weighted by molar-refractivity contribution is 8.23. The summed E-state index contributed by atoms with van der Waals surface area (Å²) in [4.78, 5) is 23.2. The van der Waals surface area contributed by atoms with Crippen LogP contribution in [0, 0.1) is 13.8 Å². The van der Waals surface area contributed by atoms with Gasteiger partial charge in [-0.3, -0.25) is 15.0 Å². The number of rotatable bonds is 4. The lowest BCUT2D eigenvalue weighted by Gasteiger charge is -2.16. The van der Waals surface area contributed by atoms with Gasteiger partial charge in [-0.1, -0.05) is 30.0 Å². The fourth-order valence-electron chi connectivity index (χ4n) is 1.57. The molecule has 5 nitrogen and oxygen atoms in total. The molecule has 20 heavy (non-hydrogen) atoms. The number of amides is 2. The van der Waals surface area contributed by atoms with Crippen molar-refractivity contribution in [1.29, 1.82) is 0 Å². The van der Waals surface area contributed by atoms with Crippen molar-refractivity contribution in [2.45, 2.75) is 13.8 Å². The molecular weight excluding hydrogens is 296 g/mol. The molecule has 1 aliphatic heterocycles. The Bertz CT molecular complexity index is 559. The molecule has 1 aromatic carbocycles. The zero-order valence-corrected chi connectivity index (χ0v) is 12.8. The van der Waals surface area contributed by atoms with E-state index >= 15 is 0 Å². The Balaban J connectivity index is 1.87. The number of benzene rings is 1. The summed E-state index contributed by atoms with van der Waals surface area (Å²) in [5, 5.41) is 1.09. The van der Waals surface area contributed by atoms with Crippen molar-refractivity contribution in [2.75, 3.05) is 12.4 Å². The lowest BCUT2D eigenvalue weighted by atomic mass is 10.1. The molecule has 0 spiro atoms. The van der Waals surface area contributed by atoms with Gasteiger partial charge in [-0.2, -0.15) is 0 Å². The van der Waals surface area contributed by atoms with Gasteiger partial charge in [0, 0.05) is 0 Å². The molecule has 2 rings (SSSR count). The highest BCUT2D eigenvalue weighted by Gasteiger charge is 2.28. The monoisotopic (exact) mass is 310 g/mol. The molecule has 0 aromatic heterocycles. The minimum absolute atomic E-state index is 0.167. The summed E-state index contributed by atoms with van der Waals surface area (Å²) in [6.07, 6.45) is 0. The average molecular weight is 310 g/mol. The molecule has 106 valence electrons. The van der Waals surface area contributed by atoms with E-state index in [4.69, 9.17) is 17.0 Å². The van der Waals surface area contributed by atoms with Crippen molar-refractivity contribution in [1.82, 2.24) is 10.4 Å². The number of carbonyl (C=O) groups is 2. The van der Waals surface area contributed by atoms with E-state index in [1.807, 2.05) is 26.0 Å². The van der Waals surface area contributed by atoms with Crippen LogP contribution in [0.4, 0.5) is 0 Å². The maximum atomic E-state index is 11.7. The van der Waals surface area contributed by atoms with Gasteiger partial charge in [-0.25, -0.2) is 5.01 Å². The smallest absolute Gasteiger partial charge is 0.276 e. The molecule has 1 saturated heterocycles. The number of thiocarbonyl (C=S) groups is 1.